The maximum atomic E-state index is 12.0. The lowest BCUT2D eigenvalue weighted by Gasteiger charge is -2.06. The summed E-state index contributed by atoms with van der Waals surface area (Å²) in [5, 5.41) is 5.86. The largest absolute Gasteiger partial charge is 0.383 e. The zero-order chi connectivity index (χ0) is 15.6. The second-order valence-electron chi connectivity index (χ2n) is 4.71. The minimum absolute atomic E-state index is 0.167. The monoisotopic (exact) mass is 300 g/mol. The molecule has 0 aliphatic carbocycles. The van der Waals surface area contributed by atoms with E-state index < -0.39 is 0 Å². The predicted octanol–water partition coefficient (Wildman–Crippen LogP) is 1.51. The maximum absolute atomic E-state index is 12.0. The van der Waals surface area contributed by atoms with Crippen molar-refractivity contribution in [2.24, 2.45) is 0 Å². The minimum Gasteiger partial charge on any atom is -0.383 e. The van der Waals surface area contributed by atoms with Crippen molar-refractivity contribution in [1.82, 2.24) is 15.3 Å². The van der Waals surface area contributed by atoms with Crippen molar-refractivity contribution in [3.63, 3.8) is 0 Å². The third-order valence-electron chi connectivity index (χ3n) is 3.05. The number of aromatic nitrogens is 2. The van der Waals surface area contributed by atoms with Gasteiger partial charge in [-0.15, -0.1) is 0 Å². The van der Waals surface area contributed by atoms with Gasteiger partial charge in [0, 0.05) is 32.6 Å². The highest BCUT2D eigenvalue weighted by Crippen LogP contribution is 2.01. The van der Waals surface area contributed by atoms with Gasteiger partial charge in [0.1, 0.15) is 0 Å². The Morgan fingerprint density at radius 2 is 1.86 bits per heavy atom. The number of ether oxygens (including phenoxy) is 1. The molecule has 0 atom stereocenters. The number of carbonyl (C=O) groups is 1. The van der Waals surface area contributed by atoms with Crippen molar-refractivity contribution in [3.05, 3.63) is 53.9 Å². The highest BCUT2D eigenvalue weighted by Gasteiger charge is 2.06. The van der Waals surface area contributed by atoms with E-state index in [0.29, 0.717) is 31.2 Å². The number of anilines is 1. The summed E-state index contributed by atoms with van der Waals surface area (Å²) in [5.74, 6) is 0.317. The van der Waals surface area contributed by atoms with Crippen LogP contribution in [0.5, 0.6) is 0 Å². The van der Waals surface area contributed by atoms with Crippen LogP contribution >= 0.6 is 0 Å². The summed E-state index contributed by atoms with van der Waals surface area (Å²) in [4.78, 5) is 20.2. The molecule has 1 aromatic heterocycles. The Kier molecular flexibility index (Phi) is 6.32. The number of carbonyl (C=O) groups excluding carboxylic acids is 1. The number of hydrogen-bond acceptors (Lipinski definition) is 5. The number of rotatable bonds is 8. The van der Waals surface area contributed by atoms with Crippen LogP contribution in [0.1, 0.15) is 15.9 Å². The third-order valence-corrected chi connectivity index (χ3v) is 3.05. The molecule has 2 aromatic rings. The Labute approximate surface area is 129 Å². The van der Waals surface area contributed by atoms with E-state index in [1.807, 2.05) is 30.3 Å². The van der Waals surface area contributed by atoms with Crippen LogP contribution in [0, 0.1) is 0 Å². The fourth-order valence-electron chi connectivity index (χ4n) is 1.87. The van der Waals surface area contributed by atoms with Crippen LogP contribution in [-0.4, -0.2) is 42.7 Å². The average molecular weight is 300 g/mol. The van der Waals surface area contributed by atoms with Gasteiger partial charge < -0.3 is 15.4 Å². The van der Waals surface area contributed by atoms with Crippen molar-refractivity contribution in [2.45, 2.75) is 6.42 Å². The van der Waals surface area contributed by atoms with Gasteiger partial charge in [-0.25, -0.2) is 9.97 Å². The Morgan fingerprint density at radius 1 is 1.14 bits per heavy atom. The number of amides is 1. The molecule has 0 unspecified atom stereocenters. The third kappa shape index (κ3) is 5.14. The zero-order valence-electron chi connectivity index (χ0n) is 12.6. The Bertz CT molecular complexity index is 572. The Hall–Kier alpha value is -2.47. The van der Waals surface area contributed by atoms with Crippen molar-refractivity contribution >= 4 is 11.9 Å². The lowest BCUT2D eigenvalue weighted by Crippen LogP contribution is -2.26. The van der Waals surface area contributed by atoms with Crippen LogP contribution < -0.4 is 10.6 Å². The van der Waals surface area contributed by atoms with Crippen LogP contribution in [-0.2, 0) is 11.2 Å². The van der Waals surface area contributed by atoms with Crippen LogP contribution in [0.4, 0.5) is 5.95 Å². The second kappa shape index (κ2) is 8.74. The van der Waals surface area contributed by atoms with Gasteiger partial charge in [-0.05, 0) is 12.0 Å². The number of nitrogens with one attached hydrogen (secondary N) is 2. The molecule has 0 fully saturated rings. The summed E-state index contributed by atoms with van der Waals surface area (Å²) in [6.07, 6.45) is 3.82. The standard InChI is InChI=1S/C16H20N4O2/c1-22-10-9-18-16-19-11-14(12-20-16)15(21)17-8-7-13-5-3-2-4-6-13/h2-6,11-12H,7-10H2,1H3,(H,17,21)(H,18,19,20). The fraction of sp³-hybridized carbons (Fsp3) is 0.312. The molecule has 116 valence electrons. The predicted molar refractivity (Wildman–Crippen MR) is 84.9 cm³/mol. The fourth-order valence-corrected chi connectivity index (χ4v) is 1.87. The molecule has 0 saturated heterocycles. The van der Waals surface area contributed by atoms with E-state index in [9.17, 15) is 4.79 Å². The number of benzene rings is 1. The van der Waals surface area contributed by atoms with Gasteiger partial charge in [-0.3, -0.25) is 4.79 Å². The molecule has 2 rings (SSSR count). The molecule has 2 N–H and O–H groups in total. The molecule has 0 radical (unpaired) electrons. The SMILES string of the molecule is COCCNc1ncc(C(=O)NCCc2ccccc2)cn1. The van der Waals surface area contributed by atoms with E-state index in [2.05, 4.69) is 20.6 Å². The number of hydrogen-bond donors (Lipinski definition) is 2. The normalized spacial score (nSPS) is 10.2. The van der Waals surface area contributed by atoms with Crippen LogP contribution in [0.25, 0.3) is 0 Å². The first-order chi connectivity index (χ1) is 10.8. The van der Waals surface area contributed by atoms with Crippen molar-refractivity contribution in [1.29, 1.82) is 0 Å². The zero-order valence-corrected chi connectivity index (χ0v) is 12.6. The molecule has 22 heavy (non-hydrogen) atoms. The van der Waals surface area contributed by atoms with Gasteiger partial charge in [0.05, 0.1) is 12.2 Å². The number of methoxy groups -OCH3 is 1. The smallest absolute Gasteiger partial charge is 0.254 e. The second-order valence-corrected chi connectivity index (χ2v) is 4.71. The average Bonchev–Trinajstić information content (AvgIpc) is 2.56. The summed E-state index contributed by atoms with van der Waals surface area (Å²) in [7, 11) is 1.63. The molecule has 0 saturated carbocycles. The molecule has 0 aliphatic rings. The summed E-state index contributed by atoms with van der Waals surface area (Å²) in [6, 6.07) is 10.0. The molecular weight excluding hydrogens is 280 g/mol. The molecule has 0 aliphatic heterocycles. The first-order valence-corrected chi connectivity index (χ1v) is 7.16. The maximum Gasteiger partial charge on any atom is 0.254 e. The van der Waals surface area contributed by atoms with Gasteiger partial charge in [0.15, 0.2) is 0 Å². The highest BCUT2D eigenvalue weighted by molar-refractivity contribution is 5.93. The van der Waals surface area contributed by atoms with E-state index in [1.54, 1.807) is 7.11 Å². The van der Waals surface area contributed by atoms with Crippen molar-refractivity contribution in [3.8, 4) is 0 Å². The van der Waals surface area contributed by atoms with Gasteiger partial charge in [0.2, 0.25) is 5.95 Å². The molecule has 6 nitrogen and oxygen atoms in total. The van der Waals surface area contributed by atoms with E-state index in [0.717, 1.165) is 6.42 Å². The van der Waals surface area contributed by atoms with E-state index in [4.69, 9.17) is 4.74 Å². The van der Waals surface area contributed by atoms with Gasteiger partial charge in [0.25, 0.3) is 5.91 Å². The molecule has 6 heteroatoms. The van der Waals surface area contributed by atoms with Gasteiger partial charge >= 0.3 is 0 Å². The first kappa shape index (κ1) is 15.9. The lowest BCUT2D eigenvalue weighted by atomic mass is 10.1. The number of nitrogens with zero attached hydrogens (tertiary/aromatic N) is 2. The van der Waals surface area contributed by atoms with Crippen LogP contribution in [0.3, 0.4) is 0 Å². The quantitative estimate of drug-likeness (QED) is 0.723. The van der Waals surface area contributed by atoms with E-state index >= 15 is 0 Å². The van der Waals surface area contributed by atoms with Crippen LogP contribution in [0.15, 0.2) is 42.7 Å². The molecule has 0 bridgehead atoms. The first-order valence-electron chi connectivity index (χ1n) is 7.16. The molecule has 1 heterocycles. The van der Waals surface area contributed by atoms with Gasteiger partial charge in [-0.2, -0.15) is 0 Å². The highest BCUT2D eigenvalue weighted by atomic mass is 16.5. The molecular formula is C16H20N4O2. The summed E-state index contributed by atoms with van der Waals surface area (Å²) in [5.41, 5.74) is 1.64. The molecule has 1 aromatic carbocycles. The van der Waals surface area contributed by atoms with Crippen LogP contribution in [0.2, 0.25) is 0 Å². The van der Waals surface area contributed by atoms with Crippen molar-refractivity contribution < 1.29 is 9.53 Å². The summed E-state index contributed by atoms with van der Waals surface area (Å²) < 4.78 is 4.92. The molecule has 0 spiro atoms. The van der Waals surface area contributed by atoms with Crippen molar-refractivity contribution in [2.75, 3.05) is 32.1 Å². The van der Waals surface area contributed by atoms with E-state index in [1.165, 1.54) is 18.0 Å². The Morgan fingerprint density at radius 3 is 2.55 bits per heavy atom. The van der Waals surface area contributed by atoms with Gasteiger partial charge in [-0.1, -0.05) is 30.3 Å². The topological polar surface area (TPSA) is 76.1 Å². The summed E-state index contributed by atoms with van der Waals surface area (Å²) in [6.45, 7) is 1.78. The molecule has 1 amide bonds. The van der Waals surface area contributed by atoms with E-state index in [-0.39, 0.29) is 5.91 Å². The minimum atomic E-state index is -0.167. The summed E-state index contributed by atoms with van der Waals surface area (Å²) >= 11 is 0. The Balaban J connectivity index is 1.77. The lowest BCUT2D eigenvalue weighted by molar-refractivity contribution is 0.0953.